The Morgan fingerprint density at radius 3 is 1.27 bits per heavy atom. The van der Waals surface area contributed by atoms with Crippen molar-refractivity contribution >= 4 is 54.7 Å². The van der Waals surface area contributed by atoms with E-state index in [0.29, 0.717) is 25.7 Å². The number of ketones is 1. The highest BCUT2D eigenvalue weighted by molar-refractivity contribution is 7.53. The molecule has 0 spiro atoms. The van der Waals surface area contributed by atoms with Crippen LogP contribution in [0.15, 0.2) is 0 Å². The summed E-state index contributed by atoms with van der Waals surface area (Å²) in [6, 6.07) is -4.90. The van der Waals surface area contributed by atoms with E-state index in [1.807, 2.05) is 0 Å². The highest BCUT2D eigenvalue weighted by atomic mass is 31.2. The Hall–Kier alpha value is -4.61. The van der Waals surface area contributed by atoms with E-state index in [2.05, 4.69) is 37.2 Å². The van der Waals surface area contributed by atoms with Crippen molar-refractivity contribution in [2.75, 3.05) is 98.9 Å². The lowest BCUT2D eigenvalue weighted by Crippen LogP contribution is -2.64. The molecule has 1 saturated carbocycles. The van der Waals surface area contributed by atoms with E-state index >= 15 is 0 Å². The predicted molar refractivity (Wildman–Crippen MR) is 321 cm³/mol. The molecule has 17 N–H and O–H groups in total. The summed E-state index contributed by atoms with van der Waals surface area (Å²) in [6.45, 7) is 3.52. The fourth-order valence-corrected chi connectivity index (χ4v) is 11.5. The molecule has 4 fully saturated rings. The lowest BCUT2D eigenvalue weighted by atomic mass is 9.81. The maximum atomic E-state index is 13.9. The Labute approximate surface area is 544 Å². The van der Waals surface area contributed by atoms with Gasteiger partial charge in [-0.05, 0) is 38.5 Å². The summed E-state index contributed by atoms with van der Waals surface area (Å²) in [5, 5.41) is 109. The van der Waals surface area contributed by atoms with E-state index in [4.69, 9.17) is 47.2 Å². The van der Waals surface area contributed by atoms with Crippen LogP contribution in [-0.4, -0.2) is 307 Å². The number of rotatable bonds is 42. The number of ether oxygens (including phenoxy) is 9. The molecule has 94 heavy (non-hydrogen) atoms. The molecule has 18 unspecified atom stereocenters. The molecule has 36 nitrogen and oxygen atoms in total. The van der Waals surface area contributed by atoms with Crippen molar-refractivity contribution in [1.82, 2.24) is 37.2 Å². The van der Waals surface area contributed by atoms with Crippen molar-refractivity contribution in [2.24, 2.45) is 11.8 Å². The number of carbonyl (C=O) groups is 8. The highest BCUT2D eigenvalue weighted by Gasteiger charge is 2.48. The summed E-state index contributed by atoms with van der Waals surface area (Å²) in [7, 11) is -3.90. The van der Waals surface area contributed by atoms with Gasteiger partial charge in [0.25, 0.3) is 0 Å². The third kappa shape index (κ3) is 27.4. The van der Waals surface area contributed by atoms with Gasteiger partial charge in [-0.15, -0.1) is 0 Å². The van der Waals surface area contributed by atoms with Gasteiger partial charge in [0.2, 0.25) is 41.4 Å². The lowest BCUT2D eigenvalue weighted by Gasteiger charge is -2.42. The number of carbonyl (C=O) groups excluding carboxylic acids is 8. The molecule has 0 aromatic carbocycles. The first-order valence-corrected chi connectivity index (χ1v) is 33.2. The third-order valence-corrected chi connectivity index (χ3v) is 17.8. The van der Waals surface area contributed by atoms with Crippen LogP contribution in [0.1, 0.15) is 92.4 Å². The van der Waals surface area contributed by atoms with Crippen molar-refractivity contribution < 1.29 is 141 Å². The molecule has 0 aromatic rings. The fraction of sp³-hybridized carbons (Fsp3) is 0.860. The largest absolute Gasteiger partial charge is 0.394 e. The Morgan fingerprint density at radius 1 is 0.500 bits per heavy atom. The fourth-order valence-electron chi connectivity index (χ4n) is 10.6. The quantitative estimate of drug-likeness (QED) is 0.0199. The minimum Gasteiger partial charge on any atom is -0.394 e. The maximum Gasteiger partial charge on any atom is 0.330 e. The number of hydrogen-bond donors (Lipinski definition) is 17. The van der Waals surface area contributed by atoms with Gasteiger partial charge in [-0.1, -0.05) is 13.8 Å². The van der Waals surface area contributed by atoms with Crippen molar-refractivity contribution in [3.63, 3.8) is 0 Å². The Bertz CT molecular complexity index is 2400. The van der Waals surface area contributed by atoms with Crippen LogP contribution in [0.5, 0.6) is 0 Å². The van der Waals surface area contributed by atoms with Gasteiger partial charge in [0.15, 0.2) is 18.9 Å². The smallest absolute Gasteiger partial charge is 0.330 e. The number of nitrogens with one attached hydrogen (secondary N) is 7. The summed E-state index contributed by atoms with van der Waals surface area (Å²) in [5.41, 5.74) is -0.641. The van der Waals surface area contributed by atoms with Gasteiger partial charge in [-0.2, -0.15) is 0 Å². The van der Waals surface area contributed by atoms with Crippen molar-refractivity contribution in [3.8, 4) is 0 Å². The maximum absolute atomic E-state index is 13.9. The van der Waals surface area contributed by atoms with Crippen molar-refractivity contribution in [2.45, 2.75) is 202 Å². The predicted octanol–water partition coefficient (Wildman–Crippen LogP) is -6.94. The Balaban J connectivity index is 1.37. The average Bonchev–Trinajstić information content (AvgIpc) is 0.828. The van der Waals surface area contributed by atoms with Crippen LogP contribution in [0.3, 0.4) is 0 Å². The average molecular weight is 1380 g/mol. The first kappa shape index (κ1) is 81.8. The van der Waals surface area contributed by atoms with Gasteiger partial charge in [-0.3, -0.25) is 42.9 Å². The molecule has 18 atom stereocenters. The molecule has 37 heteroatoms. The van der Waals surface area contributed by atoms with Gasteiger partial charge >= 0.3 is 7.60 Å². The SMILES string of the molecule is CC(=O)NC1C(OCCOCCNC(=O)CCC(NC(=O)CCC(CC(=O)C2CCC(OP(=O)(O)C(C)C)CC2)C(=O)NCCOCCOC2OC(CO)C(O)C(O)C2NC(C)=O)C(=O)NCCOCCOC2OC(CO)C(O)C(O)C2NC(C)=O)OC(CO)C(O)C1O. The van der Waals surface area contributed by atoms with Crippen molar-refractivity contribution in [3.05, 3.63) is 0 Å². The van der Waals surface area contributed by atoms with Gasteiger partial charge in [-0.25, -0.2) is 0 Å². The molecular weight excluding hydrogens is 1280 g/mol. The van der Waals surface area contributed by atoms with Crippen LogP contribution in [0.4, 0.5) is 0 Å². The van der Waals surface area contributed by atoms with E-state index in [0.717, 1.165) is 0 Å². The second-order valence-electron chi connectivity index (χ2n) is 23.5. The lowest BCUT2D eigenvalue weighted by molar-refractivity contribution is -0.272. The molecule has 7 amide bonds. The number of Topliss-reactive ketones (excluding diaryl/α,β-unsaturated/α-hetero) is 1. The second-order valence-corrected chi connectivity index (χ2v) is 25.9. The van der Waals surface area contributed by atoms with E-state index in [-0.39, 0.29) is 117 Å². The zero-order valence-electron chi connectivity index (χ0n) is 53.7. The van der Waals surface area contributed by atoms with Crippen LogP contribution in [0.25, 0.3) is 0 Å². The first-order valence-electron chi connectivity index (χ1n) is 31.5. The monoisotopic (exact) mass is 1380 g/mol. The molecular formula is C57H100N7O29P. The van der Waals surface area contributed by atoms with Crippen LogP contribution in [0.2, 0.25) is 0 Å². The molecule has 3 aliphatic heterocycles. The summed E-state index contributed by atoms with van der Waals surface area (Å²) in [6.07, 6.45) is -17.4. The normalized spacial score (nSPS) is 30.0. The van der Waals surface area contributed by atoms with Crippen LogP contribution < -0.4 is 37.2 Å². The standard InChI is InChI=1S/C57H100N7O29P/c1-30(2)94(82,83)93-36-9-6-34(7-10-36)38(71)26-35(53(80)59-15-18-85-21-24-88-56-45(62-32(4)69)51(78)48(75)40(28-66)91-56)8-12-43(73)64-37(54(81)60-16-19-86-22-25-89-57-46(63-33(5)70)52(79)49(76)41(29-67)92-57)11-13-42(72)58-14-17-84-20-23-87-55-44(61-31(3)68)50(77)47(74)39(27-65)90-55/h30,34-37,39-41,44-52,55-57,65-67,74-79H,6-29H2,1-5H3,(H,58,72)(H,59,80)(H,60,81)(H,61,68)(H,62,69)(H,63,70)(H,64,73)(H,82,83). The molecule has 0 aromatic heterocycles. The van der Waals surface area contributed by atoms with Gasteiger partial charge in [0, 0.05) is 71.5 Å². The third-order valence-electron chi connectivity index (χ3n) is 15.9. The van der Waals surface area contributed by atoms with Crippen molar-refractivity contribution in [1.29, 1.82) is 0 Å². The number of aliphatic hydroxyl groups is 9. The van der Waals surface area contributed by atoms with E-state index in [9.17, 15) is 93.8 Å². The van der Waals surface area contributed by atoms with Gasteiger partial charge in [0.1, 0.15) is 84.9 Å². The minimum absolute atomic E-state index is 0.0246. The van der Waals surface area contributed by atoms with Crippen LogP contribution in [-0.2, 0) is 90.1 Å². The van der Waals surface area contributed by atoms with E-state index in [1.54, 1.807) is 13.8 Å². The number of amides is 7. The molecule has 0 bridgehead atoms. The van der Waals surface area contributed by atoms with Crippen LogP contribution >= 0.6 is 7.60 Å². The molecule has 4 aliphatic rings. The zero-order chi connectivity index (χ0) is 69.7. The molecule has 3 heterocycles. The van der Waals surface area contributed by atoms with Gasteiger partial charge < -0.3 is 135 Å². The minimum atomic E-state index is -3.90. The van der Waals surface area contributed by atoms with E-state index in [1.165, 1.54) is 20.8 Å². The Kier molecular flexibility index (Phi) is 36.8. The molecule has 1 aliphatic carbocycles. The summed E-state index contributed by atoms with van der Waals surface area (Å²) >= 11 is 0. The summed E-state index contributed by atoms with van der Waals surface area (Å²) in [4.78, 5) is 114. The first-order chi connectivity index (χ1) is 44.6. The van der Waals surface area contributed by atoms with E-state index < -0.39 is 190 Å². The number of aliphatic hydroxyl groups excluding tert-OH is 9. The van der Waals surface area contributed by atoms with Gasteiger partial charge in [0.05, 0.1) is 91.0 Å². The zero-order valence-corrected chi connectivity index (χ0v) is 54.6. The molecule has 0 radical (unpaired) electrons. The highest BCUT2D eigenvalue weighted by Crippen LogP contribution is 2.50. The van der Waals surface area contributed by atoms with Crippen LogP contribution in [0, 0.1) is 11.8 Å². The molecule has 3 saturated heterocycles. The summed E-state index contributed by atoms with van der Waals surface area (Å²) in [5.74, 6) is -6.19. The Morgan fingerprint density at radius 2 is 0.883 bits per heavy atom. The summed E-state index contributed by atoms with van der Waals surface area (Å²) < 4.78 is 68.4. The topological polar surface area (TPSA) is 532 Å². The molecule has 4 rings (SSSR count). The second kappa shape index (κ2) is 42.3. The molecule has 542 valence electrons. The number of hydrogen-bond acceptors (Lipinski definition) is 28.